The lowest BCUT2D eigenvalue weighted by molar-refractivity contribution is -0.147. The van der Waals surface area contributed by atoms with Crippen molar-refractivity contribution in [3.05, 3.63) is 0 Å². The predicted molar refractivity (Wildman–Crippen MR) is 67.1 cm³/mol. The van der Waals surface area contributed by atoms with Crippen LogP contribution in [0.4, 0.5) is 0 Å². The second-order valence-electron chi connectivity index (χ2n) is 5.22. The van der Waals surface area contributed by atoms with Gasteiger partial charge in [0.05, 0.1) is 0 Å². The van der Waals surface area contributed by atoms with E-state index in [2.05, 4.69) is 12.2 Å². The Labute approximate surface area is 104 Å². The van der Waals surface area contributed by atoms with Crippen LogP contribution in [0.25, 0.3) is 0 Å². The highest BCUT2D eigenvalue weighted by atomic mass is 16.5. The standard InChI is InChI=1S/C13H25NO3/c1-11-6-5-7-13(10-11,12(15)16)14-8-3-4-9-17-2/h11,14H,3-10H2,1-2H3,(H,15,16). The first-order valence-corrected chi connectivity index (χ1v) is 6.58. The fourth-order valence-electron chi connectivity index (χ4n) is 2.68. The Balaban J connectivity index is 2.40. The second kappa shape index (κ2) is 6.97. The molecule has 0 radical (unpaired) electrons. The molecule has 100 valence electrons. The van der Waals surface area contributed by atoms with E-state index in [0.717, 1.165) is 51.7 Å². The number of carboxylic acid groups (broad SMARTS) is 1. The number of ether oxygens (including phenoxy) is 1. The average molecular weight is 243 g/mol. The second-order valence-corrected chi connectivity index (χ2v) is 5.22. The number of nitrogens with one attached hydrogen (secondary N) is 1. The molecule has 0 aliphatic heterocycles. The van der Waals surface area contributed by atoms with Gasteiger partial charge in [0, 0.05) is 13.7 Å². The molecule has 2 atom stereocenters. The van der Waals surface area contributed by atoms with E-state index in [1.54, 1.807) is 7.11 Å². The summed E-state index contributed by atoms with van der Waals surface area (Å²) in [5.41, 5.74) is -0.676. The number of carbonyl (C=O) groups is 1. The van der Waals surface area contributed by atoms with Gasteiger partial charge < -0.3 is 15.2 Å². The Bertz CT molecular complexity index is 245. The number of carboxylic acids is 1. The first-order chi connectivity index (χ1) is 8.10. The van der Waals surface area contributed by atoms with Gasteiger partial charge in [-0.1, -0.05) is 19.8 Å². The Morgan fingerprint density at radius 1 is 1.53 bits per heavy atom. The Kier molecular flexibility index (Phi) is 5.92. The normalized spacial score (nSPS) is 29.2. The summed E-state index contributed by atoms with van der Waals surface area (Å²) >= 11 is 0. The van der Waals surface area contributed by atoms with Crippen molar-refractivity contribution in [3.8, 4) is 0 Å². The van der Waals surface area contributed by atoms with Crippen LogP contribution in [0, 0.1) is 5.92 Å². The van der Waals surface area contributed by atoms with Crippen LogP contribution >= 0.6 is 0 Å². The van der Waals surface area contributed by atoms with Crippen LogP contribution in [-0.4, -0.2) is 36.9 Å². The minimum absolute atomic E-state index is 0.506. The molecule has 0 saturated heterocycles. The molecular formula is C13H25NO3. The van der Waals surface area contributed by atoms with E-state index >= 15 is 0 Å². The first kappa shape index (κ1) is 14.5. The molecule has 1 rings (SSSR count). The highest BCUT2D eigenvalue weighted by Crippen LogP contribution is 2.32. The minimum Gasteiger partial charge on any atom is -0.480 e. The molecule has 1 saturated carbocycles. The van der Waals surface area contributed by atoms with E-state index in [-0.39, 0.29) is 0 Å². The van der Waals surface area contributed by atoms with E-state index in [0.29, 0.717) is 5.92 Å². The number of aliphatic carboxylic acids is 1. The van der Waals surface area contributed by atoms with Crippen LogP contribution in [0.5, 0.6) is 0 Å². The van der Waals surface area contributed by atoms with Gasteiger partial charge in [0.1, 0.15) is 5.54 Å². The lowest BCUT2D eigenvalue weighted by atomic mass is 9.76. The molecule has 1 fully saturated rings. The maximum Gasteiger partial charge on any atom is 0.323 e. The third kappa shape index (κ3) is 4.28. The summed E-state index contributed by atoms with van der Waals surface area (Å²) in [6, 6.07) is 0. The Hall–Kier alpha value is -0.610. The molecule has 1 aliphatic carbocycles. The van der Waals surface area contributed by atoms with Gasteiger partial charge >= 0.3 is 5.97 Å². The molecule has 4 heteroatoms. The Morgan fingerprint density at radius 2 is 2.29 bits per heavy atom. The third-order valence-electron chi connectivity index (χ3n) is 3.65. The summed E-state index contributed by atoms with van der Waals surface area (Å²) in [6.07, 6.45) is 5.63. The minimum atomic E-state index is -0.684. The molecule has 2 unspecified atom stereocenters. The highest BCUT2D eigenvalue weighted by Gasteiger charge is 2.41. The van der Waals surface area contributed by atoms with E-state index in [9.17, 15) is 9.90 Å². The van der Waals surface area contributed by atoms with Crippen LogP contribution in [0.2, 0.25) is 0 Å². The molecule has 0 aromatic rings. The maximum absolute atomic E-state index is 11.5. The van der Waals surface area contributed by atoms with Crippen LogP contribution in [0.3, 0.4) is 0 Å². The van der Waals surface area contributed by atoms with Crippen molar-refractivity contribution in [3.63, 3.8) is 0 Å². The smallest absolute Gasteiger partial charge is 0.323 e. The van der Waals surface area contributed by atoms with Crippen molar-refractivity contribution >= 4 is 5.97 Å². The molecule has 0 aromatic carbocycles. The molecule has 0 spiro atoms. The predicted octanol–water partition coefficient (Wildman–Crippen LogP) is 2.04. The van der Waals surface area contributed by atoms with E-state index in [1.165, 1.54) is 0 Å². The van der Waals surface area contributed by atoms with Gasteiger partial charge in [-0.3, -0.25) is 4.79 Å². The summed E-state index contributed by atoms with van der Waals surface area (Å²) in [5.74, 6) is -0.179. The average Bonchev–Trinajstić information content (AvgIpc) is 2.28. The van der Waals surface area contributed by atoms with E-state index in [1.807, 2.05) is 0 Å². The molecule has 0 heterocycles. The molecular weight excluding hydrogens is 218 g/mol. The van der Waals surface area contributed by atoms with Gasteiger partial charge in [-0.25, -0.2) is 0 Å². The lowest BCUT2D eigenvalue weighted by Crippen LogP contribution is -2.54. The molecule has 0 aromatic heterocycles. The third-order valence-corrected chi connectivity index (χ3v) is 3.65. The largest absolute Gasteiger partial charge is 0.480 e. The fraction of sp³-hybridized carbons (Fsp3) is 0.923. The topological polar surface area (TPSA) is 58.6 Å². The molecule has 0 bridgehead atoms. The summed E-state index contributed by atoms with van der Waals surface area (Å²) in [5, 5.41) is 12.7. The van der Waals surface area contributed by atoms with Crippen molar-refractivity contribution in [2.75, 3.05) is 20.3 Å². The van der Waals surface area contributed by atoms with Crippen LogP contribution in [-0.2, 0) is 9.53 Å². The number of rotatable bonds is 7. The number of hydrogen-bond donors (Lipinski definition) is 2. The summed E-state index contributed by atoms with van der Waals surface area (Å²) in [4.78, 5) is 11.5. The quantitative estimate of drug-likeness (QED) is 0.672. The van der Waals surface area contributed by atoms with Gasteiger partial charge in [0.25, 0.3) is 0 Å². The molecule has 17 heavy (non-hydrogen) atoms. The molecule has 0 amide bonds. The fourth-order valence-corrected chi connectivity index (χ4v) is 2.68. The summed E-state index contributed by atoms with van der Waals surface area (Å²) in [6.45, 7) is 3.66. The van der Waals surface area contributed by atoms with Gasteiger partial charge in [0.15, 0.2) is 0 Å². The summed E-state index contributed by atoms with van der Waals surface area (Å²) in [7, 11) is 1.69. The van der Waals surface area contributed by atoms with Gasteiger partial charge in [-0.05, 0) is 38.1 Å². The van der Waals surface area contributed by atoms with E-state index < -0.39 is 11.5 Å². The van der Waals surface area contributed by atoms with Gasteiger partial charge in [0.2, 0.25) is 0 Å². The van der Waals surface area contributed by atoms with Crippen LogP contribution in [0.1, 0.15) is 45.4 Å². The van der Waals surface area contributed by atoms with Crippen LogP contribution < -0.4 is 5.32 Å². The molecule has 2 N–H and O–H groups in total. The molecule has 1 aliphatic rings. The lowest BCUT2D eigenvalue weighted by Gasteiger charge is -2.37. The number of unbranched alkanes of at least 4 members (excludes halogenated alkanes) is 1. The van der Waals surface area contributed by atoms with Crippen molar-refractivity contribution in [2.24, 2.45) is 5.92 Å². The van der Waals surface area contributed by atoms with Crippen molar-refractivity contribution in [2.45, 2.75) is 51.0 Å². The Morgan fingerprint density at radius 3 is 2.88 bits per heavy atom. The number of methoxy groups -OCH3 is 1. The van der Waals surface area contributed by atoms with Gasteiger partial charge in [-0.15, -0.1) is 0 Å². The van der Waals surface area contributed by atoms with Gasteiger partial charge in [-0.2, -0.15) is 0 Å². The zero-order chi connectivity index (χ0) is 12.7. The van der Waals surface area contributed by atoms with Crippen molar-refractivity contribution in [1.82, 2.24) is 5.32 Å². The first-order valence-electron chi connectivity index (χ1n) is 6.58. The summed E-state index contributed by atoms with van der Waals surface area (Å²) < 4.78 is 4.98. The van der Waals surface area contributed by atoms with Crippen LogP contribution in [0.15, 0.2) is 0 Å². The SMILES string of the molecule is COCCCCNC1(C(=O)O)CCCC(C)C1. The maximum atomic E-state index is 11.5. The number of hydrogen-bond acceptors (Lipinski definition) is 3. The highest BCUT2D eigenvalue weighted by molar-refractivity contribution is 5.79. The monoisotopic (exact) mass is 243 g/mol. The van der Waals surface area contributed by atoms with E-state index in [4.69, 9.17) is 4.74 Å². The zero-order valence-corrected chi connectivity index (χ0v) is 11.0. The molecule has 4 nitrogen and oxygen atoms in total. The van der Waals surface area contributed by atoms with Crippen molar-refractivity contribution < 1.29 is 14.6 Å². The zero-order valence-electron chi connectivity index (χ0n) is 11.0. The van der Waals surface area contributed by atoms with Crippen molar-refractivity contribution in [1.29, 1.82) is 0 Å².